The van der Waals surface area contributed by atoms with Gasteiger partial charge in [0.25, 0.3) is 9.05 Å². The average Bonchev–Trinajstić information content (AvgIpc) is 2.71. The Bertz CT molecular complexity index is 764. The normalized spacial score (nSPS) is 11.2. The van der Waals surface area contributed by atoms with Crippen molar-refractivity contribution in [1.82, 2.24) is 9.78 Å². The summed E-state index contributed by atoms with van der Waals surface area (Å²) in [6.07, 6.45) is 1.19. The van der Waals surface area contributed by atoms with Crippen LogP contribution >= 0.6 is 26.6 Å². The van der Waals surface area contributed by atoms with Crippen LogP contribution in [0.2, 0.25) is 0 Å². The van der Waals surface area contributed by atoms with E-state index in [1.165, 1.54) is 10.9 Å². The van der Waals surface area contributed by atoms with Gasteiger partial charge in [0.1, 0.15) is 11.6 Å². The molecule has 0 aliphatic carbocycles. The molecule has 0 bridgehead atoms. The third-order valence-electron chi connectivity index (χ3n) is 2.36. The van der Waals surface area contributed by atoms with Gasteiger partial charge in [-0.2, -0.15) is 10.4 Å². The lowest BCUT2D eigenvalue weighted by atomic mass is 10.2. The van der Waals surface area contributed by atoms with E-state index in [2.05, 4.69) is 21.0 Å². The lowest BCUT2D eigenvalue weighted by Gasteiger charge is -2.06. The van der Waals surface area contributed by atoms with Gasteiger partial charge in [0.15, 0.2) is 5.03 Å². The number of benzene rings is 1. The fraction of sp³-hybridized carbons (Fsp3) is 0.0909. The smallest absolute Gasteiger partial charge is 0.247 e. The van der Waals surface area contributed by atoms with Crippen molar-refractivity contribution < 1.29 is 8.42 Å². The highest BCUT2D eigenvalue weighted by Crippen LogP contribution is 2.21. The molecule has 0 saturated carbocycles. The molecule has 0 N–H and O–H groups in total. The van der Waals surface area contributed by atoms with Gasteiger partial charge in [-0.1, -0.05) is 28.1 Å². The van der Waals surface area contributed by atoms with E-state index in [9.17, 15) is 8.42 Å². The van der Waals surface area contributed by atoms with Crippen LogP contribution in [0.5, 0.6) is 0 Å². The SMILES string of the molecule is N#Cc1cnn(Cc2cccc(Br)c2)c1S(=O)(=O)Cl. The van der Waals surface area contributed by atoms with Crippen molar-refractivity contribution in [1.29, 1.82) is 5.26 Å². The number of aromatic nitrogens is 2. The summed E-state index contributed by atoms with van der Waals surface area (Å²) in [6, 6.07) is 9.09. The first-order chi connectivity index (χ1) is 8.91. The van der Waals surface area contributed by atoms with E-state index >= 15 is 0 Å². The van der Waals surface area contributed by atoms with Crippen molar-refractivity contribution in [2.75, 3.05) is 0 Å². The molecule has 0 radical (unpaired) electrons. The maximum absolute atomic E-state index is 11.5. The van der Waals surface area contributed by atoms with Crippen LogP contribution in [-0.4, -0.2) is 18.2 Å². The lowest BCUT2D eigenvalue weighted by Crippen LogP contribution is -2.09. The number of hydrogen-bond acceptors (Lipinski definition) is 4. The first-order valence-corrected chi connectivity index (χ1v) is 8.17. The van der Waals surface area contributed by atoms with Gasteiger partial charge in [0, 0.05) is 15.2 Å². The van der Waals surface area contributed by atoms with Gasteiger partial charge < -0.3 is 0 Å². The zero-order valence-electron chi connectivity index (χ0n) is 9.42. The number of nitrogens with zero attached hydrogens (tertiary/aromatic N) is 3. The van der Waals surface area contributed by atoms with Gasteiger partial charge in [0.05, 0.1) is 12.7 Å². The molecule has 1 aromatic carbocycles. The summed E-state index contributed by atoms with van der Waals surface area (Å²) in [7, 11) is 1.31. The molecule has 2 aromatic rings. The third kappa shape index (κ3) is 3.15. The average molecular weight is 361 g/mol. The van der Waals surface area contributed by atoms with Crippen LogP contribution in [0, 0.1) is 11.3 Å². The van der Waals surface area contributed by atoms with Crippen molar-refractivity contribution in [3.8, 4) is 6.07 Å². The number of hydrogen-bond donors (Lipinski definition) is 0. The third-order valence-corrected chi connectivity index (χ3v) is 4.19. The van der Waals surface area contributed by atoms with Crippen molar-refractivity contribution in [3.63, 3.8) is 0 Å². The van der Waals surface area contributed by atoms with E-state index < -0.39 is 9.05 Å². The molecule has 0 saturated heterocycles. The molecule has 0 unspecified atom stereocenters. The predicted molar refractivity (Wildman–Crippen MR) is 73.2 cm³/mol. The van der Waals surface area contributed by atoms with Crippen molar-refractivity contribution >= 4 is 35.7 Å². The summed E-state index contributed by atoms with van der Waals surface area (Å²) in [5, 5.41) is 12.5. The van der Waals surface area contributed by atoms with Gasteiger partial charge in [-0.05, 0) is 17.7 Å². The van der Waals surface area contributed by atoms with E-state index in [1.54, 1.807) is 6.07 Å². The molecule has 5 nitrogen and oxygen atoms in total. The molecule has 1 aromatic heterocycles. The second-order valence-corrected chi connectivity index (χ2v) is 7.10. The second kappa shape index (κ2) is 5.33. The maximum atomic E-state index is 11.5. The van der Waals surface area contributed by atoms with Crippen LogP contribution < -0.4 is 0 Å². The largest absolute Gasteiger partial charge is 0.279 e. The summed E-state index contributed by atoms with van der Waals surface area (Å²) in [6.45, 7) is 0.211. The summed E-state index contributed by atoms with van der Waals surface area (Å²) < 4.78 is 25.1. The van der Waals surface area contributed by atoms with E-state index in [-0.39, 0.29) is 17.1 Å². The summed E-state index contributed by atoms with van der Waals surface area (Å²) in [5.74, 6) is 0. The number of nitriles is 1. The fourth-order valence-electron chi connectivity index (χ4n) is 1.63. The molecule has 0 spiro atoms. The molecule has 0 atom stereocenters. The minimum absolute atomic E-state index is 0.0648. The van der Waals surface area contributed by atoms with Crippen molar-refractivity contribution in [2.45, 2.75) is 11.6 Å². The Kier molecular flexibility index (Phi) is 3.94. The topological polar surface area (TPSA) is 75.8 Å². The van der Waals surface area contributed by atoms with Crippen LogP contribution in [0.15, 0.2) is 40.0 Å². The number of halogens is 2. The van der Waals surface area contributed by atoms with E-state index in [4.69, 9.17) is 15.9 Å². The second-order valence-electron chi connectivity index (χ2n) is 3.70. The van der Waals surface area contributed by atoms with Crippen molar-refractivity contribution in [3.05, 3.63) is 46.1 Å². The molecular formula is C11H7BrClN3O2S. The Morgan fingerprint density at radius 2 is 2.21 bits per heavy atom. The molecule has 8 heteroatoms. The monoisotopic (exact) mass is 359 g/mol. The molecule has 0 amide bonds. The van der Waals surface area contributed by atoms with Gasteiger partial charge in [-0.15, -0.1) is 0 Å². The lowest BCUT2D eigenvalue weighted by molar-refractivity contribution is 0.573. The molecule has 0 aliphatic rings. The Morgan fingerprint density at radius 1 is 1.47 bits per heavy atom. The highest BCUT2D eigenvalue weighted by Gasteiger charge is 2.22. The van der Waals surface area contributed by atoms with Gasteiger partial charge in [-0.3, -0.25) is 0 Å². The quantitative estimate of drug-likeness (QED) is 0.788. The Balaban J connectivity index is 2.48. The highest BCUT2D eigenvalue weighted by atomic mass is 79.9. The summed E-state index contributed by atoms with van der Waals surface area (Å²) >= 11 is 3.33. The van der Waals surface area contributed by atoms with E-state index in [0.717, 1.165) is 10.0 Å². The predicted octanol–water partition coefficient (Wildman–Crippen LogP) is 2.49. The van der Waals surface area contributed by atoms with Crippen LogP contribution in [-0.2, 0) is 15.6 Å². The molecule has 19 heavy (non-hydrogen) atoms. The van der Waals surface area contributed by atoms with Gasteiger partial charge in [0.2, 0.25) is 0 Å². The van der Waals surface area contributed by atoms with Crippen LogP contribution in [0.25, 0.3) is 0 Å². The van der Waals surface area contributed by atoms with Crippen molar-refractivity contribution in [2.24, 2.45) is 0 Å². The van der Waals surface area contributed by atoms with E-state index in [0.29, 0.717) is 0 Å². The zero-order chi connectivity index (χ0) is 14.0. The molecule has 0 aliphatic heterocycles. The molecule has 2 rings (SSSR count). The molecule has 0 fully saturated rings. The summed E-state index contributed by atoms with van der Waals surface area (Å²) in [4.78, 5) is 0. The van der Waals surface area contributed by atoms with Crippen LogP contribution in [0.3, 0.4) is 0 Å². The highest BCUT2D eigenvalue weighted by molar-refractivity contribution is 9.10. The Labute approximate surface area is 123 Å². The first kappa shape index (κ1) is 14.1. The van der Waals surface area contributed by atoms with Gasteiger partial charge in [-0.25, -0.2) is 13.1 Å². The Hall–Kier alpha value is -1.36. The van der Waals surface area contributed by atoms with E-state index in [1.807, 2.05) is 24.3 Å². The maximum Gasteiger partial charge on any atom is 0.279 e. The standard InChI is InChI=1S/C11H7BrClN3O2S/c12-10-3-1-2-8(4-10)7-16-11(19(13,17)18)9(5-14)6-15-16/h1-4,6H,7H2. The molecular weight excluding hydrogens is 354 g/mol. The summed E-state index contributed by atoms with van der Waals surface area (Å²) in [5.41, 5.74) is 0.772. The molecule has 98 valence electrons. The fourth-order valence-corrected chi connectivity index (χ4v) is 3.29. The minimum Gasteiger partial charge on any atom is -0.247 e. The first-order valence-electron chi connectivity index (χ1n) is 5.07. The zero-order valence-corrected chi connectivity index (χ0v) is 12.6. The minimum atomic E-state index is -4.02. The number of rotatable bonds is 3. The van der Waals surface area contributed by atoms with Crippen LogP contribution in [0.4, 0.5) is 0 Å². The Morgan fingerprint density at radius 3 is 2.79 bits per heavy atom. The van der Waals surface area contributed by atoms with Gasteiger partial charge >= 0.3 is 0 Å². The molecule has 1 heterocycles. The van der Waals surface area contributed by atoms with Crippen LogP contribution in [0.1, 0.15) is 11.1 Å².